The van der Waals surface area contributed by atoms with E-state index in [2.05, 4.69) is 9.98 Å². The zero-order chi connectivity index (χ0) is 14.8. The molecule has 2 heterocycles. The lowest BCUT2D eigenvalue weighted by Gasteiger charge is -2.12. The minimum absolute atomic E-state index is 0.203. The van der Waals surface area contributed by atoms with E-state index in [4.69, 9.17) is 0 Å². The van der Waals surface area contributed by atoms with Gasteiger partial charge in [-0.1, -0.05) is 18.2 Å². The first-order valence-corrected chi connectivity index (χ1v) is 6.66. The molecule has 0 bridgehead atoms. The van der Waals surface area contributed by atoms with Gasteiger partial charge in [-0.3, -0.25) is 14.6 Å². The number of carbonyl (C=O) groups is 2. The van der Waals surface area contributed by atoms with E-state index in [0.717, 1.165) is 5.69 Å². The van der Waals surface area contributed by atoms with Gasteiger partial charge in [-0.2, -0.15) is 0 Å². The van der Waals surface area contributed by atoms with Crippen molar-refractivity contribution in [3.63, 3.8) is 0 Å². The van der Waals surface area contributed by atoms with Gasteiger partial charge in [0.25, 0.3) is 11.8 Å². The summed E-state index contributed by atoms with van der Waals surface area (Å²) < 4.78 is 0. The highest BCUT2D eigenvalue weighted by molar-refractivity contribution is 6.55. The van der Waals surface area contributed by atoms with Gasteiger partial charge >= 0.3 is 0 Å². The molecule has 2 aromatic rings. The van der Waals surface area contributed by atoms with E-state index >= 15 is 0 Å². The standard InChI is InChI=1S/C16H13N3O2/c1-2-19-13-6-4-3-5-12(13)14(16(19)21)18-15(20)11-7-9-17-10-8-11/h3-10H,2H2,1H3. The van der Waals surface area contributed by atoms with Crippen LogP contribution in [0, 0.1) is 0 Å². The molecule has 21 heavy (non-hydrogen) atoms. The van der Waals surface area contributed by atoms with Crippen molar-refractivity contribution in [2.75, 3.05) is 11.4 Å². The second-order valence-corrected chi connectivity index (χ2v) is 4.57. The summed E-state index contributed by atoms with van der Waals surface area (Å²) in [7, 11) is 0. The van der Waals surface area contributed by atoms with Crippen molar-refractivity contribution in [1.29, 1.82) is 0 Å². The van der Waals surface area contributed by atoms with Gasteiger partial charge in [0.1, 0.15) is 5.71 Å². The normalized spacial score (nSPS) is 15.4. The second kappa shape index (κ2) is 5.28. The number of aromatic nitrogens is 1. The Kier molecular flexibility index (Phi) is 3.31. The smallest absolute Gasteiger partial charge is 0.277 e. The molecule has 1 aromatic heterocycles. The van der Waals surface area contributed by atoms with E-state index in [9.17, 15) is 9.59 Å². The Balaban J connectivity index is 2.05. The fraction of sp³-hybridized carbons (Fsp3) is 0.125. The van der Waals surface area contributed by atoms with Crippen LogP contribution < -0.4 is 4.90 Å². The number of likely N-dealkylation sites (N-methyl/N-ethyl adjacent to an activating group) is 1. The molecule has 0 fully saturated rings. The lowest BCUT2D eigenvalue weighted by atomic mass is 10.1. The van der Waals surface area contributed by atoms with Crippen LogP contribution in [0.25, 0.3) is 0 Å². The molecule has 0 spiro atoms. The Labute approximate surface area is 122 Å². The predicted molar refractivity (Wildman–Crippen MR) is 79.6 cm³/mol. The SMILES string of the molecule is CCN1C(=O)C(=NC(=O)c2ccncc2)c2ccccc21. The molecule has 5 heteroatoms. The summed E-state index contributed by atoms with van der Waals surface area (Å²) >= 11 is 0. The third-order valence-corrected chi connectivity index (χ3v) is 3.35. The van der Waals surface area contributed by atoms with E-state index in [-0.39, 0.29) is 11.6 Å². The first-order valence-electron chi connectivity index (χ1n) is 6.66. The van der Waals surface area contributed by atoms with Gasteiger partial charge in [0.2, 0.25) is 0 Å². The summed E-state index contributed by atoms with van der Waals surface area (Å²) in [6.45, 7) is 2.43. The molecule has 0 atom stereocenters. The first-order chi connectivity index (χ1) is 10.2. The second-order valence-electron chi connectivity index (χ2n) is 4.57. The number of benzene rings is 1. The Hall–Kier alpha value is -2.82. The summed E-state index contributed by atoms with van der Waals surface area (Å²) in [4.78, 5) is 34.1. The monoisotopic (exact) mass is 279 g/mol. The number of pyridine rings is 1. The molecule has 0 radical (unpaired) electrons. The molecule has 0 saturated heterocycles. The number of aliphatic imine (C=N–C) groups is 1. The van der Waals surface area contributed by atoms with Crippen molar-refractivity contribution in [1.82, 2.24) is 4.98 Å². The van der Waals surface area contributed by atoms with Crippen LogP contribution in [0.2, 0.25) is 0 Å². The van der Waals surface area contributed by atoms with Gasteiger partial charge in [-0.05, 0) is 25.1 Å². The molecule has 104 valence electrons. The minimum atomic E-state index is -0.437. The highest BCUT2D eigenvalue weighted by Gasteiger charge is 2.33. The molecule has 0 aliphatic carbocycles. The van der Waals surface area contributed by atoms with Crippen molar-refractivity contribution in [3.8, 4) is 0 Å². The molecule has 0 unspecified atom stereocenters. The van der Waals surface area contributed by atoms with Gasteiger partial charge in [-0.15, -0.1) is 0 Å². The fourth-order valence-corrected chi connectivity index (χ4v) is 2.34. The molecule has 1 aliphatic heterocycles. The van der Waals surface area contributed by atoms with Gasteiger partial charge in [0.15, 0.2) is 0 Å². The van der Waals surface area contributed by atoms with E-state index < -0.39 is 5.91 Å². The Morgan fingerprint density at radius 3 is 2.62 bits per heavy atom. The number of anilines is 1. The van der Waals surface area contributed by atoms with E-state index in [1.54, 1.807) is 17.0 Å². The topological polar surface area (TPSA) is 62.6 Å². The number of fused-ring (bicyclic) bond motifs is 1. The van der Waals surface area contributed by atoms with Crippen molar-refractivity contribution >= 4 is 23.2 Å². The highest BCUT2D eigenvalue weighted by atomic mass is 16.2. The third kappa shape index (κ3) is 2.23. The Bertz CT molecular complexity index is 738. The molecule has 2 amide bonds. The van der Waals surface area contributed by atoms with Crippen LogP contribution in [0.3, 0.4) is 0 Å². The van der Waals surface area contributed by atoms with E-state index in [1.165, 1.54) is 12.4 Å². The molecule has 0 N–H and O–H groups in total. The molecule has 3 rings (SSSR count). The summed E-state index contributed by atoms with van der Waals surface area (Å²) in [5, 5.41) is 0. The van der Waals surface area contributed by atoms with Crippen LogP contribution >= 0.6 is 0 Å². The predicted octanol–water partition coefficient (Wildman–Crippen LogP) is 2.08. The summed E-state index contributed by atoms with van der Waals surface area (Å²) in [6.07, 6.45) is 3.05. The number of rotatable bonds is 2. The van der Waals surface area contributed by atoms with Crippen molar-refractivity contribution < 1.29 is 9.59 Å². The van der Waals surface area contributed by atoms with Crippen LogP contribution in [0.1, 0.15) is 22.8 Å². The molecule has 1 aromatic carbocycles. The number of carbonyl (C=O) groups excluding carboxylic acids is 2. The average Bonchev–Trinajstić information content (AvgIpc) is 2.80. The van der Waals surface area contributed by atoms with Crippen LogP contribution in [0.4, 0.5) is 5.69 Å². The molecule has 5 nitrogen and oxygen atoms in total. The zero-order valence-corrected chi connectivity index (χ0v) is 11.5. The average molecular weight is 279 g/mol. The molecular formula is C16H13N3O2. The van der Waals surface area contributed by atoms with Crippen LogP contribution in [0.5, 0.6) is 0 Å². The number of amides is 2. The quantitative estimate of drug-likeness (QED) is 0.845. The van der Waals surface area contributed by atoms with Gasteiger partial charge in [0.05, 0.1) is 5.69 Å². The van der Waals surface area contributed by atoms with Crippen molar-refractivity contribution in [3.05, 3.63) is 59.9 Å². The van der Waals surface area contributed by atoms with E-state index in [0.29, 0.717) is 17.7 Å². The summed E-state index contributed by atoms with van der Waals surface area (Å²) in [5.74, 6) is -0.672. The van der Waals surface area contributed by atoms with Gasteiger partial charge in [0, 0.05) is 30.1 Å². The van der Waals surface area contributed by atoms with Crippen LogP contribution in [0.15, 0.2) is 53.8 Å². The molecular weight excluding hydrogens is 266 g/mol. The zero-order valence-electron chi connectivity index (χ0n) is 11.5. The summed E-state index contributed by atoms with van der Waals surface area (Å²) in [5.41, 5.74) is 2.12. The number of para-hydroxylation sites is 1. The van der Waals surface area contributed by atoms with Gasteiger partial charge < -0.3 is 4.90 Å². The largest absolute Gasteiger partial charge is 0.307 e. The molecule has 0 saturated carbocycles. The number of nitrogens with zero attached hydrogens (tertiary/aromatic N) is 3. The number of hydrogen-bond donors (Lipinski definition) is 0. The first kappa shape index (κ1) is 13.2. The Morgan fingerprint density at radius 2 is 1.90 bits per heavy atom. The van der Waals surface area contributed by atoms with Gasteiger partial charge in [-0.25, -0.2) is 4.99 Å². The number of hydrogen-bond acceptors (Lipinski definition) is 3. The van der Waals surface area contributed by atoms with Crippen molar-refractivity contribution in [2.24, 2.45) is 4.99 Å². The third-order valence-electron chi connectivity index (χ3n) is 3.35. The summed E-state index contributed by atoms with van der Waals surface area (Å²) in [6, 6.07) is 10.5. The van der Waals surface area contributed by atoms with E-state index in [1.807, 2.05) is 31.2 Å². The van der Waals surface area contributed by atoms with Crippen LogP contribution in [-0.2, 0) is 4.79 Å². The fourth-order valence-electron chi connectivity index (χ4n) is 2.34. The lowest BCUT2D eigenvalue weighted by molar-refractivity contribution is -0.112. The maximum atomic E-state index is 12.4. The molecule has 1 aliphatic rings. The lowest BCUT2D eigenvalue weighted by Crippen LogP contribution is -2.30. The maximum absolute atomic E-state index is 12.4. The maximum Gasteiger partial charge on any atom is 0.277 e. The van der Waals surface area contributed by atoms with Crippen LogP contribution in [-0.4, -0.2) is 29.1 Å². The van der Waals surface area contributed by atoms with Crippen molar-refractivity contribution in [2.45, 2.75) is 6.92 Å². The minimum Gasteiger partial charge on any atom is -0.307 e. The Morgan fingerprint density at radius 1 is 1.19 bits per heavy atom. The highest BCUT2D eigenvalue weighted by Crippen LogP contribution is 2.28.